The quantitative estimate of drug-likeness (QED) is 0.464. The van der Waals surface area contributed by atoms with Gasteiger partial charge in [0.2, 0.25) is 0 Å². The fraction of sp³-hybridized carbons (Fsp3) is 0.643. The largest absolute Gasteiger partial charge is 0.456 e. The maximum Gasteiger partial charge on any atom is 0.345 e. The van der Waals surface area contributed by atoms with Gasteiger partial charge in [0.25, 0.3) is 5.91 Å². The highest BCUT2D eigenvalue weighted by Crippen LogP contribution is 2.27. The first-order chi connectivity index (χ1) is 11.0. The number of esters is 1. The van der Waals surface area contributed by atoms with Crippen LogP contribution in [-0.2, 0) is 14.3 Å². The lowest BCUT2D eigenvalue weighted by Gasteiger charge is -2.20. The first-order valence-electron chi connectivity index (χ1n) is 7.60. The van der Waals surface area contributed by atoms with Gasteiger partial charge < -0.3 is 4.74 Å². The Balaban J connectivity index is 1.64. The van der Waals surface area contributed by atoms with Crippen molar-refractivity contribution in [2.45, 2.75) is 44.9 Å². The first kappa shape index (κ1) is 17.3. The normalized spacial score (nSPS) is 15.1. The Bertz CT molecular complexity index is 569. The molecule has 1 amide bonds. The summed E-state index contributed by atoms with van der Waals surface area (Å²) in [5.41, 5.74) is 0. The molecule has 0 aliphatic heterocycles. The van der Waals surface area contributed by atoms with E-state index in [9.17, 15) is 19.7 Å². The third-order valence-electron chi connectivity index (χ3n) is 3.77. The topological polar surface area (TPSA) is 111 Å². The van der Waals surface area contributed by atoms with Crippen molar-refractivity contribution in [1.82, 2.24) is 4.98 Å². The molecule has 0 saturated heterocycles. The van der Waals surface area contributed by atoms with Crippen LogP contribution < -0.4 is 5.32 Å². The zero-order valence-electron chi connectivity index (χ0n) is 12.7. The molecule has 126 valence electrons. The van der Waals surface area contributed by atoms with Crippen LogP contribution in [0.25, 0.3) is 0 Å². The molecule has 8 nitrogen and oxygen atoms in total. The highest BCUT2D eigenvalue weighted by molar-refractivity contribution is 7.18. The highest BCUT2D eigenvalue weighted by Gasteiger charge is 2.17. The van der Waals surface area contributed by atoms with E-state index in [0.717, 1.165) is 36.8 Å². The molecule has 1 aliphatic rings. The van der Waals surface area contributed by atoms with Gasteiger partial charge in [-0.15, -0.1) is 0 Å². The monoisotopic (exact) mass is 341 g/mol. The summed E-state index contributed by atoms with van der Waals surface area (Å²) in [6.07, 6.45) is 8.24. The van der Waals surface area contributed by atoms with E-state index < -0.39 is 23.4 Å². The summed E-state index contributed by atoms with van der Waals surface area (Å²) in [4.78, 5) is 36.9. The van der Waals surface area contributed by atoms with E-state index in [-0.39, 0.29) is 10.1 Å². The van der Waals surface area contributed by atoms with Gasteiger partial charge in [-0.05, 0) is 23.7 Å². The van der Waals surface area contributed by atoms with E-state index in [0.29, 0.717) is 12.3 Å². The fourth-order valence-electron chi connectivity index (χ4n) is 2.58. The lowest BCUT2D eigenvalue weighted by molar-refractivity contribution is -0.380. The van der Waals surface area contributed by atoms with Crippen LogP contribution in [0.5, 0.6) is 0 Å². The lowest BCUT2D eigenvalue weighted by atomic mass is 9.86. The molecule has 0 unspecified atom stereocenters. The third-order valence-corrected chi connectivity index (χ3v) is 4.63. The van der Waals surface area contributed by atoms with Gasteiger partial charge in [0.1, 0.15) is 6.20 Å². The number of thiazole rings is 1. The second-order valence-corrected chi connectivity index (χ2v) is 6.52. The van der Waals surface area contributed by atoms with Gasteiger partial charge >= 0.3 is 11.0 Å². The molecule has 1 saturated carbocycles. The van der Waals surface area contributed by atoms with Crippen LogP contribution in [0, 0.1) is 16.0 Å². The van der Waals surface area contributed by atoms with Gasteiger partial charge in [0.05, 0.1) is 4.92 Å². The van der Waals surface area contributed by atoms with Crippen molar-refractivity contribution in [3.05, 3.63) is 16.3 Å². The van der Waals surface area contributed by atoms with E-state index in [1.807, 2.05) is 0 Å². The summed E-state index contributed by atoms with van der Waals surface area (Å²) in [6, 6.07) is 0. The Kier molecular flexibility index (Phi) is 6.45. The number of ether oxygens (including phenoxy) is 1. The highest BCUT2D eigenvalue weighted by atomic mass is 32.1. The van der Waals surface area contributed by atoms with Gasteiger partial charge in [-0.25, -0.2) is 4.98 Å². The number of aromatic nitrogens is 1. The van der Waals surface area contributed by atoms with Crippen LogP contribution in [0.3, 0.4) is 0 Å². The smallest absolute Gasteiger partial charge is 0.345 e. The number of rotatable bonds is 7. The number of carbonyl (C=O) groups excluding carboxylic acids is 2. The zero-order valence-corrected chi connectivity index (χ0v) is 13.5. The minimum Gasteiger partial charge on any atom is -0.456 e. The second kappa shape index (κ2) is 8.56. The molecular weight excluding hydrogens is 322 g/mol. The number of hydrogen-bond acceptors (Lipinski definition) is 7. The van der Waals surface area contributed by atoms with Crippen LogP contribution in [0.15, 0.2) is 6.20 Å². The molecule has 0 bridgehead atoms. The number of nitro groups is 1. The van der Waals surface area contributed by atoms with Crippen molar-refractivity contribution in [3.8, 4) is 0 Å². The van der Waals surface area contributed by atoms with Crippen LogP contribution in [0.2, 0.25) is 0 Å². The SMILES string of the molecule is O=C(COC(=O)CCC1CCCCC1)Nc1ncc([N+](=O)[O-])s1. The zero-order chi connectivity index (χ0) is 16.7. The Labute approximate surface area is 137 Å². The minimum absolute atomic E-state index is 0.111. The number of amides is 1. The summed E-state index contributed by atoms with van der Waals surface area (Å²) in [5.74, 6) is -0.364. The van der Waals surface area contributed by atoms with Crippen LogP contribution in [-0.4, -0.2) is 28.4 Å². The Morgan fingerprint density at radius 3 is 2.78 bits per heavy atom. The molecule has 1 aliphatic carbocycles. The van der Waals surface area contributed by atoms with E-state index >= 15 is 0 Å². The molecule has 2 rings (SSSR count). The second-order valence-electron chi connectivity index (χ2n) is 5.51. The number of hydrogen-bond donors (Lipinski definition) is 1. The van der Waals surface area contributed by atoms with Crippen molar-refractivity contribution in [3.63, 3.8) is 0 Å². The van der Waals surface area contributed by atoms with Crippen LogP contribution in [0.1, 0.15) is 44.9 Å². The standard InChI is InChI=1S/C14H19N3O5S/c18-11(16-14-15-8-12(23-14)17(20)21)9-22-13(19)7-6-10-4-2-1-3-5-10/h8,10H,1-7,9H2,(H,15,16,18). The molecule has 1 aromatic rings. The maximum absolute atomic E-state index is 11.6. The molecule has 0 atom stereocenters. The molecule has 1 heterocycles. The lowest BCUT2D eigenvalue weighted by Crippen LogP contribution is -2.21. The minimum atomic E-state index is -0.585. The summed E-state index contributed by atoms with van der Waals surface area (Å²) < 4.78 is 4.91. The third kappa shape index (κ3) is 5.93. The van der Waals surface area contributed by atoms with Gasteiger partial charge in [-0.1, -0.05) is 32.1 Å². The summed E-state index contributed by atoms with van der Waals surface area (Å²) in [7, 11) is 0. The number of nitrogens with one attached hydrogen (secondary N) is 1. The summed E-state index contributed by atoms with van der Waals surface area (Å²) in [6.45, 7) is -0.406. The molecule has 1 fully saturated rings. The molecule has 0 aromatic carbocycles. The van der Waals surface area contributed by atoms with Crippen LogP contribution >= 0.6 is 11.3 Å². The maximum atomic E-state index is 11.6. The van der Waals surface area contributed by atoms with Crippen molar-refractivity contribution in [2.24, 2.45) is 5.92 Å². The molecule has 1 aromatic heterocycles. The number of carbonyl (C=O) groups is 2. The van der Waals surface area contributed by atoms with Gasteiger partial charge in [-0.3, -0.25) is 25.0 Å². The Hall–Kier alpha value is -2.03. The average molecular weight is 341 g/mol. The Morgan fingerprint density at radius 2 is 2.13 bits per heavy atom. The van der Waals surface area contributed by atoms with Crippen LogP contribution in [0.4, 0.5) is 10.1 Å². The number of nitrogens with zero attached hydrogens (tertiary/aromatic N) is 2. The molecular formula is C14H19N3O5S. The molecule has 0 spiro atoms. The fourth-order valence-corrected chi connectivity index (χ4v) is 3.23. The predicted molar refractivity (Wildman–Crippen MR) is 84.2 cm³/mol. The van der Waals surface area contributed by atoms with E-state index in [2.05, 4.69) is 10.3 Å². The van der Waals surface area contributed by atoms with Crippen molar-refractivity contribution < 1.29 is 19.2 Å². The van der Waals surface area contributed by atoms with Gasteiger partial charge in [0.15, 0.2) is 11.7 Å². The predicted octanol–water partition coefficient (Wildman–Crippen LogP) is 2.89. The first-order valence-corrected chi connectivity index (χ1v) is 8.42. The van der Waals surface area contributed by atoms with Gasteiger partial charge in [-0.2, -0.15) is 0 Å². The summed E-state index contributed by atoms with van der Waals surface area (Å²) >= 11 is 0.750. The van der Waals surface area contributed by atoms with Crippen molar-refractivity contribution >= 4 is 33.3 Å². The summed E-state index contributed by atoms with van der Waals surface area (Å²) in [5, 5.41) is 12.8. The van der Waals surface area contributed by atoms with E-state index in [1.165, 1.54) is 19.3 Å². The molecule has 0 radical (unpaired) electrons. The number of anilines is 1. The van der Waals surface area contributed by atoms with E-state index in [1.54, 1.807) is 0 Å². The molecule has 23 heavy (non-hydrogen) atoms. The van der Waals surface area contributed by atoms with Crippen molar-refractivity contribution in [1.29, 1.82) is 0 Å². The van der Waals surface area contributed by atoms with E-state index in [4.69, 9.17) is 4.74 Å². The molecule has 1 N–H and O–H groups in total. The Morgan fingerprint density at radius 1 is 1.39 bits per heavy atom. The average Bonchev–Trinajstić information content (AvgIpc) is 3.00. The van der Waals surface area contributed by atoms with Crippen molar-refractivity contribution in [2.75, 3.05) is 11.9 Å². The molecule has 9 heteroatoms. The van der Waals surface area contributed by atoms with Gasteiger partial charge in [0, 0.05) is 6.42 Å².